The van der Waals surface area contributed by atoms with Crippen LogP contribution in [0, 0.1) is 10.1 Å². The monoisotopic (exact) mass is 279 g/mol. The summed E-state index contributed by atoms with van der Waals surface area (Å²) in [6.07, 6.45) is 2.87. The molecule has 0 aliphatic carbocycles. The number of hydrogen-bond donors (Lipinski definition) is 1. The maximum Gasteiger partial charge on any atom is 0.315 e. The normalized spacial score (nSPS) is 10.7. The molecule has 0 saturated heterocycles. The standard InChI is InChI=1S/C15H25N3O2/c1-5-11-16-13-9-8-10-14(15(13)18(19)20)17(4)12(6-2)7-3/h8-10,12,16H,5-7,11H2,1-4H3. The van der Waals surface area contributed by atoms with Gasteiger partial charge in [0.15, 0.2) is 0 Å². The minimum Gasteiger partial charge on any atom is -0.379 e. The first-order chi connectivity index (χ1) is 9.56. The third-order valence-electron chi connectivity index (χ3n) is 3.63. The maximum absolute atomic E-state index is 11.4. The Kier molecular flexibility index (Phi) is 6.28. The molecule has 112 valence electrons. The number of hydrogen-bond acceptors (Lipinski definition) is 4. The third-order valence-corrected chi connectivity index (χ3v) is 3.63. The van der Waals surface area contributed by atoms with Gasteiger partial charge >= 0.3 is 5.69 Å². The molecule has 5 heteroatoms. The van der Waals surface area contributed by atoms with Crippen molar-refractivity contribution in [2.45, 2.75) is 46.1 Å². The Morgan fingerprint density at radius 2 is 1.95 bits per heavy atom. The highest BCUT2D eigenvalue weighted by molar-refractivity contribution is 5.77. The zero-order chi connectivity index (χ0) is 15.1. The van der Waals surface area contributed by atoms with Crippen molar-refractivity contribution in [3.05, 3.63) is 28.3 Å². The first-order valence-electron chi connectivity index (χ1n) is 7.30. The Morgan fingerprint density at radius 3 is 2.45 bits per heavy atom. The van der Waals surface area contributed by atoms with E-state index in [-0.39, 0.29) is 10.6 Å². The fourth-order valence-corrected chi connectivity index (χ4v) is 2.44. The molecule has 1 aromatic rings. The van der Waals surface area contributed by atoms with Gasteiger partial charge in [-0.1, -0.05) is 26.8 Å². The summed E-state index contributed by atoms with van der Waals surface area (Å²) in [5, 5.41) is 14.6. The van der Waals surface area contributed by atoms with Gasteiger partial charge < -0.3 is 10.2 Å². The first kappa shape index (κ1) is 16.3. The average molecular weight is 279 g/mol. The zero-order valence-corrected chi connectivity index (χ0v) is 12.8. The van der Waals surface area contributed by atoms with E-state index in [9.17, 15) is 10.1 Å². The predicted molar refractivity (Wildman–Crippen MR) is 84.7 cm³/mol. The van der Waals surface area contributed by atoms with Crippen LogP contribution in [0.1, 0.15) is 40.0 Å². The minimum atomic E-state index is -0.286. The van der Waals surface area contributed by atoms with Gasteiger partial charge in [-0.05, 0) is 31.4 Å². The van der Waals surface area contributed by atoms with Crippen LogP contribution in [0.5, 0.6) is 0 Å². The Hall–Kier alpha value is -1.78. The number of nitrogens with zero attached hydrogens (tertiary/aromatic N) is 2. The summed E-state index contributed by atoms with van der Waals surface area (Å²) in [7, 11) is 1.93. The molecule has 1 aromatic carbocycles. The Labute approximate surface area is 121 Å². The molecule has 0 unspecified atom stereocenters. The van der Waals surface area contributed by atoms with Crippen molar-refractivity contribution in [3.8, 4) is 0 Å². The first-order valence-corrected chi connectivity index (χ1v) is 7.30. The Bertz CT molecular complexity index is 445. The molecule has 0 bridgehead atoms. The zero-order valence-electron chi connectivity index (χ0n) is 12.8. The summed E-state index contributed by atoms with van der Waals surface area (Å²) in [4.78, 5) is 13.2. The molecule has 0 saturated carbocycles. The van der Waals surface area contributed by atoms with Crippen LogP contribution < -0.4 is 10.2 Å². The van der Waals surface area contributed by atoms with Gasteiger partial charge in [-0.25, -0.2) is 0 Å². The SMILES string of the molecule is CCCNc1cccc(N(C)C(CC)CC)c1[N+](=O)[O-]. The van der Waals surface area contributed by atoms with Crippen LogP contribution in [-0.2, 0) is 0 Å². The van der Waals surface area contributed by atoms with Crippen LogP contribution in [0.25, 0.3) is 0 Å². The Balaban J connectivity index is 3.21. The highest BCUT2D eigenvalue weighted by Gasteiger charge is 2.24. The van der Waals surface area contributed by atoms with Crippen LogP contribution in [0.15, 0.2) is 18.2 Å². The minimum absolute atomic E-state index is 0.176. The van der Waals surface area contributed by atoms with E-state index in [2.05, 4.69) is 19.2 Å². The summed E-state index contributed by atoms with van der Waals surface area (Å²) < 4.78 is 0. The molecule has 1 rings (SSSR count). The van der Waals surface area contributed by atoms with Crippen molar-refractivity contribution in [1.82, 2.24) is 0 Å². The van der Waals surface area contributed by atoms with Gasteiger partial charge in [-0.2, -0.15) is 0 Å². The van der Waals surface area contributed by atoms with Crippen LogP contribution in [0.4, 0.5) is 17.1 Å². The van der Waals surface area contributed by atoms with Crippen LogP contribution in [0.2, 0.25) is 0 Å². The molecule has 0 heterocycles. The number of benzene rings is 1. The lowest BCUT2D eigenvalue weighted by molar-refractivity contribution is -0.383. The molecule has 0 aromatic heterocycles. The van der Waals surface area contributed by atoms with Crippen molar-refractivity contribution in [3.63, 3.8) is 0 Å². The van der Waals surface area contributed by atoms with Crippen molar-refractivity contribution in [1.29, 1.82) is 0 Å². The summed E-state index contributed by atoms with van der Waals surface area (Å²) in [6, 6.07) is 5.79. The predicted octanol–water partition coefficient (Wildman–Crippen LogP) is 4.04. The molecule has 0 aliphatic heterocycles. The topological polar surface area (TPSA) is 58.4 Å². The van der Waals surface area contributed by atoms with Gasteiger partial charge in [0.2, 0.25) is 0 Å². The molecule has 1 N–H and O–H groups in total. The highest BCUT2D eigenvalue weighted by Crippen LogP contribution is 2.36. The molecule has 0 radical (unpaired) electrons. The molecule has 0 fully saturated rings. The fraction of sp³-hybridized carbons (Fsp3) is 0.600. The van der Waals surface area contributed by atoms with E-state index in [1.54, 1.807) is 6.07 Å². The van der Waals surface area contributed by atoms with Crippen molar-refractivity contribution < 1.29 is 4.92 Å². The molecular weight excluding hydrogens is 254 g/mol. The second-order valence-corrected chi connectivity index (χ2v) is 4.94. The van der Waals surface area contributed by atoms with Crippen LogP contribution >= 0.6 is 0 Å². The molecule has 20 heavy (non-hydrogen) atoms. The second kappa shape index (κ2) is 7.72. The number of nitro groups is 1. The maximum atomic E-state index is 11.4. The average Bonchev–Trinajstić information content (AvgIpc) is 2.45. The van der Waals surface area contributed by atoms with Gasteiger partial charge in [0, 0.05) is 19.6 Å². The molecule has 5 nitrogen and oxygen atoms in total. The Morgan fingerprint density at radius 1 is 1.30 bits per heavy atom. The van der Waals surface area contributed by atoms with E-state index in [0.717, 1.165) is 25.8 Å². The lowest BCUT2D eigenvalue weighted by Crippen LogP contribution is -2.31. The summed E-state index contributed by atoms with van der Waals surface area (Å²) >= 11 is 0. The number of anilines is 2. The smallest absolute Gasteiger partial charge is 0.315 e. The molecule has 0 aliphatic rings. The molecule has 0 atom stereocenters. The third kappa shape index (κ3) is 3.62. The van der Waals surface area contributed by atoms with E-state index in [4.69, 9.17) is 0 Å². The van der Waals surface area contributed by atoms with Crippen molar-refractivity contribution in [2.24, 2.45) is 0 Å². The highest BCUT2D eigenvalue weighted by atomic mass is 16.6. The lowest BCUT2D eigenvalue weighted by Gasteiger charge is -2.28. The quantitative estimate of drug-likeness (QED) is 0.576. The summed E-state index contributed by atoms with van der Waals surface area (Å²) in [6.45, 7) is 6.99. The van der Waals surface area contributed by atoms with Crippen LogP contribution in [0.3, 0.4) is 0 Å². The second-order valence-electron chi connectivity index (χ2n) is 4.94. The van der Waals surface area contributed by atoms with E-state index in [1.165, 1.54) is 0 Å². The number of para-hydroxylation sites is 1. The van der Waals surface area contributed by atoms with Gasteiger partial charge in [0.25, 0.3) is 0 Å². The molecule has 0 spiro atoms. The number of rotatable bonds is 8. The van der Waals surface area contributed by atoms with Gasteiger partial charge in [-0.15, -0.1) is 0 Å². The van der Waals surface area contributed by atoms with Crippen LogP contribution in [-0.4, -0.2) is 24.6 Å². The van der Waals surface area contributed by atoms with E-state index < -0.39 is 0 Å². The van der Waals surface area contributed by atoms with Crippen molar-refractivity contribution in [2.75, 3.05) is 23.8 Å². The summed E-state index contributed by atoms with van der Waals surface area (Å²) in [5.74, 6) is 0. The summed E-state index contributed by atoms with van der Waals surface area (Å²) in [5.41, 5.74) is 1.47. The van der Waals surface area contributed by atoms with E-state index >= 15 is 0 Å². The molecule has 0 amide bonds. The van der Waals surface area contributed by atoms with E-state index in [0.29, 0.717) is 17.4 Å². The van der Waals surface area contributed by atoms with E-state index in [1.807, 2.05) is 31.0 Å². The largest absolute Gasteiger partial charge is 0.379 e. The number of nitrogens with one attached hydrogen (secondary N) is 1. The number of nitro benzene ring substituents is 1. The fourth-order valence-electron chi connectivity index (χ4n) is 2.44. The van der Waals surface area contributed by atoms with Gasteiger partial charge in [0.05, 0.1) is 4.92 Å². The molecular formula is C15H25N3O2. The van der Waals surface area contributed by atoms with Crippen molar-refractivity contribution >= 4 is 17.1 Å². The lowest BCUT2D eigenvalue weighted by atomic mass is 10.1. The van der Waals surface area contributed by atoms with Gasteiger partial charge in [0.1, 0.15) is 11.4 Å². The van der Waals surface area contributed by atoms with Gasteiger partial charge in [-0.3, -0.25) is 10.1 Å².